The van der Waals surface area contributed by atoms with Crippen LogP contribution in [0.2, 0.25) is 5.02 Å². The molecule has 0 spiro atoms. The first kappa shape index (κ1) is 11.9. The lowest BCUT2D eigenvalue weighted by Crippen LogP contribution is -2.25. The molecule has 2 nitrogen and oxygen atoms in total. The zero-order valence-corrected chi connectivity index (χ0v) is 10.5. The van der Waals surface area contributed by atoms with Crippen LogP contribution in [0.5, 0.6) is 0 Å². The minimum atomic E-state index is 0.681. The Labute approximate surface area is 102 Å². The van der Waals surface area contributed by atoms with Gasteiger partial charge in [0.2, 0.25) is 0 Å². The molecule has 1 unspecified atom stereocenters. The van der Waals surface area contributed by atoms with Gasteiger partial charge in [-0.3, -0.25) is 4.98 Å². The van der Waals surface area contributed by atoms with E-state index < -0.39 is 0 Å². The molecule has 3 heteroatoms. The molecule has 1 aromatic heterocycles. The standard InChI is InChI=1S/C13H19ClN2/c1-2-10(8-16-12-3-4-12)7-11-5-6-15-9-13(11)14/h5-6,9-10,12,16H,2-4,7-8H2,1H3. The molecule has 0 bridgehead atoms. The van der Waals surface area contributed by atoms with Crippen LogP contribution in [0.1, 0.15) is 31.7 Å². The smallest absolute Gasteiger partial charge is 0.0621 e. The highest BCUT2D eigenvalue weighted by Crippen LogP contribution is 2.22. The highest BCUT2D eigenvalue weighted by molar-refractivity contribution is 6.31. The second-order valence-electron chi connectivity index (χ2n) is 4.63. The van der Waals surface area contributed by atoms with Gasteiger partial charge in [0.1, 0.15) is 0 Å². The van der Waals surface area contributed by atoms with E-state index >= 15 is 0 Å². The molecule has 0 radical (unpaired) electrons. The van der Waals surface area contributed by atoms with Crippen molar-refractivity contribution in [3.8, 4) is 0 Å². The third-order valence-corrected chi connectivity index (χ3v) is 3.56. The number of halogens is 1. The van der Waals surface area contributed by atoms with Gasteiger partial charge >= 0.3 is 0 Å². The van der Waals surface area contributed by atoms with E-state index in [1.165, 1.54) is 24.8 Å². The molecule has 1 N–H and O–H groups in total. The van der Waals surface area contributed by atoms with Crippen LogP contribution in [-0.2, 0) is 6.42 Å². The summed E-state index contributed by atoms with van der Waals surface area (Å²) in [6, 6.07) is 2.82. The van der Waals surface area contributed by atoms with Gasteiger partial charge in [-0.05, 0) is 43.4 Å². The van der Waals surface area contributed by atoms with Crippen molar-refractivity contribution >= 4 is 11.6 Å². The molecule has 0 amide bonds. The molecule has 1 saturated carbocycles. The Morgan fingerprint density at radius 1 is 1.56 bits per heavy atom. The fraction of sp³-hybridized carbons (Fsp3) is 0.615. The second kappa shape index (κ2) is 5.65. The van der Waals surface area contributed by atoms with Crippen LogP contribution in [0.3, 0.4) is 0 Å². The number of hydrogen-bond donors (Lipinski definition) is 1. The van der Waals surface area contributed by atoms with E-state index in [4.69, 9.17) is 11.6 Å². The normalized spacial score (nSPS) is 17.4. The van der Waals surface area contributed by atoms with Crippen molar-refractivity contribution < 1.29 is 0 Å². The summed E-state index contributed by atoms with van der Waals surface area (Å²) in [5, 5.41) is 4.39. The summed E-state index contributed by atoms with van der Waals surface area (Å²) in [5.74, 6) is 0.681. The first-order valence-corrected chi connectivity index (χ1v) is 6.49. The van der Waals surface area contributed by atoms with Crippen LogP contribution in [0, 0.1) is 5.92 Å². The van der Waals surface area contributed by atoms with Crippen molar-refractivity contribution in [1.82, 2.24) is 10.3 Å². The fourth-order valence-corrected chi connectivity index (χ4v) is 2.06. The molecular formula is C13H19ClN2. The molecule has 1 heterocycles. The molecule has 88 valence electrons. The quantitative estimate of drug-likeness (QED) is 0.824. The average Bonchev–Trinajstić information content (AvgIpc) is 3.10. The molecule has 0 aromatic carbocycles. The van der Waals surface area contributed by atoms with Crippen LogP contribution >= 0.6 is 11.6 Å². The van der Waals surface area contributed by atoms with Crippen molar-refractivity contribution in [1.29, 1.82) is 0 Å². The van der Waals surface area contributed by atoms with Crippen molar-refractivity contribution in [2.75, 3.05) is 6.54 Å². The molecule has 1 atom stereocenters. The minimum Gasteiger partial charge on any atom is -0.314 e. The first-order chi connectivity index (χ1) is 7.79. The number of nitrogens with one attached hydrogen (secondary N) is 1. The Bertz CT molecular complexity index is 336. The summed E-state index contributed by atoms with van der Waals surface area (Å²) in [6.07, 6.45) is 8.51. The summed E-state index contributed by atoms with van der Waals surface area (Å²) >= 11 is 6.12. The summed E-state index contributed by atoms with van der Waals surface area (Å²) in [5.41, 5.74) is 1.22. The fourth-order valence-electron chi connectivity index (χ4n) is 1.86. The second-order valence-corrected chi connectivity index (χ2v) is 5.04. The third-order valence-electron chi connectivity index (χ3n) is 3.21. The van der Waals surface area contributed by atoms with Crippen LogP contribution in [0.4, 0.5) is 0 Å². The van der Waals surface area contributed by atoms with Crippen LogP contribution in [-0.4, -0.2) is 17.6 Å². The Kier molecular flexibility index (Phi) is 4.19. The number of hydrogen-bond acceptors (Lipinski definition) is 2. The molecule has 1 aliphatic rings. The molecule has 16 heavy (non-hydrogen) atoms. The summed E-state index contributed by atoms with van der Waals surface area (Å²) < 4.78 is 0. The van der Waals surface area contributed by atoms with Crippen molar-refractivity contribution in [3.05, 3.63) is 29.0 Å². The van der Waals surface area contributed by atoms with Gasteiger partial charge in [0, 0.05) is 18.4 Å². The number of rotatable bonds is 6. The van der Waals surface area contributed by atoms with Crippen LogP contribution < -0.4 is 5.32 Å². The van der Waals surface area contributed by atoms with Gasteiger partial charge in [-0.1, -0.05) is 24.9 Å². The van der Waals surface area contributed by atoms with E-state index in [9.17, 15) is 0 Å². The molecule has 1 fully saturated rings. The zero-order chi connectivity index (χ0) is 11.4. The Morgan fingerprint density at radius 2 is 2.38 bits per heavy atom. The van der Waals surface area contributed by atoms with E-state index in [0.29, 0.717) is 5.92 Å². The SMILES string of the molecule is CCC(CNC1CC1)Cc1ccncc1Cl. The van der Waals surface area contributed by atoms with Gasteiger partial charge in [0.05, 0.1) is 5.02 Å². The van der Waals surface area contributed by atoms with Crippen LogP contribution in [0.15, 0.2) is 18.5 Å². The minimum absolute atomic E-state index is 0.681. The summed E-state index contributed by atoms with van der Waals surface area (Å²) in [4.78, 5) is 4.01. The Hall–Kier alpha value is -0.600. The van der Waals surface area contributed by atoms with Gasteiger partial charge in [-0.15, -0.1) is 0 Å². The lowest BCUT2D eigenvalue weighted by Gasteiger charge is -2.16. The summed E-state index contributed by atoms with van der Waals surface area (Å²) in [6.45, 7) is 3.36. The predicted octanol–water partition coefficient (Wildman–Crippen LogP) is 3.06. The van der Waals surface area contributed by atoms with Gasteiger partial charge < -0.3 is 5.32 Å². The highest BCUT2D eigenvalue weighted by Gasteiger charge is 2.21. The highest BCUT2D eigenvalue weighted by atomic mass is 35.5. The number of pyridine rings is 1. The lowest BCUT2D eigenvalue weighted by molar-refractivity contribution is 0.458. The van der Waals surface area contributed by atoms with Crippen molar-refractivity contribution in [2.24, 2.45) is 5.92 Å². The van der Waals surface area contributed by atoms with E-state index in [0.717, 1.165) is 24.0 Å². The largest absolute Gasteiger partial charge is 0.314 e. The number of nitrogens with zero attached hydrogens (tertiary/aromatic N) is 1. The predicted molar refractivity (Wildman–Crippen MR) is 67.8 cm³/mol. The van der Waals surface area contributed by atoms with Gasteiger partial charge in [-0.25, -0.2) is 0 Å². The molecule has 1 aliphatic carbocycles. The van der Waals surface area contributed by atoms with Crippen molar-refractivity contribution in [3.63, 3.8) is 0 Å². The van der Waals surface area contributed by atoms with Crippen LogP contribution in [0.25, 0.3) is 0 Å². The van der Waals surface area contributed by atoms with Gasteiger partial charge in [0.15, 0.2) is 0 Å². The first-order valence-electron chi connectivity index (χ1n) is 6.11. The van der Waals surface area contributed by atoms with E-state index in [1.807, 2.05) is 12.3 Å². The molecule has 0 aliphatic heterocycles. The van der Waals surface area contributed by atoms with Gasteiger partial charge in [0.25, 0.3) is 0 Å². The molecule has 0 saturated heterocycles. The third kappa shape index (κ3) is 3.46. The summed E-state index contributed by atoms with van der Waals surface area (Å²) in [7, 11) is 0. The Morgan fingerprint density at radius 3 is 3.00 bits per heavy atom. The Balaban J connectivity index is 1.87. The molecule has 1 aromatic rings. The maximum absolute atomic E-state index is 6.12. The van der Waals surface area contributed by atoms with E-state index in [1.54, 1.807) is 6.20 Å². The maximum atomic E-state index is 6.12. The van der Waals surface area contributed by atoms with E-state index in [-0.39, 0.29) is 0 Å². The lowest BCUT2D eigenvalue weighted by atomic mass is 9.97. The topological polar surface area (TPSA) is 24.9 Å². The van der Waals surface area contributed by atoms with E-state index in [2.05, 4.69) is 17.2 Å². The van der Waals surface area contributed by atoms with Gasteiger partial charge in [-0.2, -0.15) is 0 Å². The average molecular weight is 239 g/mol. The molecular weight excluding hydrogens is 220 g/mol. The maximum Gasteiger partial charge on any atom is 0.0621 e. The molecule has 2 rings (SSSR count). The monoisotopic (exact) mass is 238 g/mol. The zero-order valence-electron chi connectivity index (χ0n) is 9.75. The van der Waals surface area contributed by atoms with Crippen molar-refractivity contribution in [2.45, 2.75) is 38.6 Å². The number of aromatic nitrogens is 1.